The molecule has 0 bridgehead atoms. The molecule has 0 saturated carbocycles. The number of fused-ring (bicyclic) bond motifs is 1. The lowest BCUT2D eigenvalue weighted by Crippen LogP contribution is -2.36. The number of hydrogen-bond acceptors (Lipinski definition) is 5. The quantitative estimate of drug-likeness (QED) is 0.867. The lowest BCUT2D eigenvalue weighted by Gasteiger charge is -2.29. The summed E-state index contributed by atoms with van der Waals surface area (Å²) in [7, 11) is 3.24. The van der Waals surface area contributed by atoms with Crippen LogP contribution in [0.3, 0.4) is 0 Å². The zero-order chi connectivity index (χ0) is 16.4. The van der Waals surface area contributed by atoms with Gasteiger partial charge in [-0.05, 0) is 42.7 Å². The van der Waals surface area contributed by atoms with Crippen LogP contribution in [0.25, 0.3) is 0 Å². The molecular formula is C17H19N3O3. The fourth-order valence-corrected chi connectivity index (χ4v) is 2.79. The van der Waals surface area contributed by atoms with Crippen molar-refractivity contribution >= 4 is 5.91 Å². The van der Waals surface area contributed by atoms with Crippen LogP contribution in [0.2, 0.25) is 0 Å². The van der Waals surface area contributed by atoms with E-state index in [-0.39, 0.29) is 5.91 Å². The van der Waals surface area contributed by atoms with Crippen LogP contribution >= 0.6 is 0 Å². The van der Waals surface area contributed by atoms with E-state index in [1.165, 1.54) is 5.56 Å². The predicted octanol–water partition coefficient (Wildman–Crippen LogP) is 2.00. The first kappa shape index (κ1) is 15.3. The second-order valence-corrected chi connectivity index (χ2v) is 5.44. The summed E-state index contributed by atoms with van der Waals surface area (Å²) in [5.41, 5.74) is 2.69. The molecule has 1 aromatic carbocycles. The van der Waals surface area contributed by atoms with Crippen molar-refractivity contribution in [2.75, 3.05) is 20.8 Å². The Balaban J connectivity index is 1.86. The Morgan fingerprint density at radius 3 is 2.52 bits per heavy atom. The van der Waals surface area contributed by atoms with Crippen LogP contribution in [0.5, 0.6) is 11.5 Å². The van der Waals surface area contributed by atoms with Crippen LogP contribution in [0.1, 0.15) is 27.4 Å². The first-order chi connectivity index (χ1) is 11.1. The van der Waals surface area contributed by atoms with Crippen LogP contribution in [0.15, 0.2) is 24.4 Å². The number of methoxy groups -OCH3 is 2. The van der Waals surface area contributed by atoms with E-state index in [1.807, 2.05) is 12.1 Å². The smallest absolute Gasteiger partial charge is 0.272 e. The molecule has 0 unspecified atom stereocenters. The molecule has 0 radical (unpaired) electrons. The van der Waals surface area contributed by atoms with E-state index in [4.69, 9.17) is 9.47 Å². The molecule has 6 heteroatoms. The van der Waals surface area contributed by atoms with E-state index in [1.54, 1.807) is 38.3 Å². The zero-order valence-corrected chi connectivity index (χ0v) is 13.5. The molecule has 1 amide bonds. The molecule has 0 spiro atoms. The van der Waals surface area contributed by atoms with Crippen LogP contribution in [-0.2, 0) is 13.0 Å². The number of rotatable bonds is 3. The molecule has 1 aliphatic heterocycles. The first-order valence-electron chi connectivity index (χ1n) is 7.45. The topological polar surface area (TPSA) is 64.6 Å². The number of nitrogens with zero attached hydrogens (tertiary/aromatic N) is 3. The highest BCUT2D eigenvalue weighted by Crippen LogP contribution is 2.33. The van der Waals surface area contributed by atoms with Crippen molar-refractivity contribution in [2.24, 2.45) is 0 Å². The van der Waals surface area contributed by atoms with E-state index < -0.39 is 0 Å². The van der Waals surface area contributed by atoms with Crippen molar-refractivity contribution in [3.8, 4) is 11.5 Å². The average Bonchev–Trinajstić information content (AvgIpc) is 2.59. The lowest BCUT2D eigenvalue weighted by molar-refractivity contribution is 0.0728. The largest absolute Gasteiger partial charge is 0.493 e. The Kier molecular flexibility index (Phi) is 4.14. The minimum Gasteiger partial charge on any atom is -0.493 e. The molecule has 1 aliphatic rings. The summed E-state index contributed by atoms with van der Waals surface area (Å²) in [6.45, 7) is 2.97. The van der Waals surface area contributed by atoms with Gasteiger partial charge in [0.1, 0.15) is 11.5 Å². The SMILES string of the molecule is COc1cc2c(cc1OC)CN(C(=O)c1ccnc(C)n1)CC2. The highest BCUT2D eigenvalue weighted by Gasteiger charge is 2.24. The van der Waals surface area contributed by atoms with Gasteiger partial charge in [-0.3, -0.25) is 4.79 Å². The van der Waals surface area contributed by atoms with Gasteiger partial charge in [0.25, 0.3) is 5.91 Å². The first-order valence-corrected chi connectivity index (χ1v) is 7.45. The Bertz CT molecular complexity index is 746. The normalized spacial score (nSPS) is 13.4. The number of carbonyl (C=O) groups is 1. The van der Waals surface area contributed by atoms with Gasteiger partial charge in [0.2, 0.25) is 0 Å². The van der Waals surface area contributed by atoms with Crippen molar-refractivity contribution in [3.05, 3.63) is 47.0 Å². The second-order valence-electron chi connectivity index (χ2n) is 5.44. The van der Waals surface area contributed by atoms with Gasteiger partial charge in [0.05, 0.1) is 14.2 Å². The molecule has 2 heterocycles. The number of aryl methyl sites for hydroxylation is 1. The van der Waals surface area contributed by atoms with E-state index in [9.17, 15) is 4.79 Å². The molecule has 3 rings (SSSR count). The molecular weight excluding hydrogens is 294 g/mol. The number of carbonyl (C=O) groups excluding carboxylic acids is 1. The summed E-state index contributed by atoms with van der Waals surface area (Å²) in [5, 5.41) is 0. The third-order valence-corrected chi connectivity index (χ3v) is 4.00. The number of hydrogen-bond donors (Lipinski definition) is 0. The van der Waals surface area contributed by atoms with Gasteiger partial charge in [0.15, 0.2) is 11.5 Å². The molecule has 0 fully saturated rings. The lowest BCUT2D eigenvalue weighted by atomic mass is 9.98. The predicted molar refractivity (Wildman–Crippen MR) is 84.8 cm³/mol. The summed E-state index contributed by atoms with van der Waals surface area (Å²) >= 11 is 0. The second kappa shape index (κ2) is 6.24. The molecule has 120 valence electrons. The summed E-state index contributed by atoms with van der Waals surface area (Å²) in [6, 6.07) is 5.59. The van der Waals surface area contributed by atoms with Crippen LogP contribution in [-0.4, -0.2) is 41.5 Å². The van der Waals surface area contributed by atoms with E-state index in [2.05, 4.69) is 9.97 Å². The van der Waals surface area contributed by atoms with Crippen LogP contribution in [0, 0.1) is 6.92 Å². The summed E-state index contributed by atoms with van der Waals surface area (Å²) in [6.07, 6.45) is 2.40. The Morgan fingerprint density at radius 2 is 1.87 bits per heavy atom. The van der Waals surface area contributed by atoms with Crippen molar-refractivity contribution in [3.63, 3.8) is 0 Å². The Labute approximate surface area is 135 Å². The molecule has 6 nitrogen and oxygen atoms in total. The highest BCUT2D eigenvalue weighted by molar-refractivity contribution is 5.92. The highest BCUT2D eigenvalue weighted by atomic mass is 16.5. The van der Waals surface area contributed by atoms with E-state index in [0.29, 0.717) is 30.4 Å². The average molecular weight is 313 g/mol. The Hall–Kier alpha value is -2.63. The van der Waals surface area contributed by atoms with Crippen molar-refractivity contribution in [1.29, 1.82) is 0 Å². The van der Waals surface area contributed by atoms with Gasteiger partial charge in [0, 0.05) is 19.3 Å². The molecule has 0 aliphatic carbocycles. The number of amides is 1. The summed E-state index contributed by atoms with van der Waals surface area (Å²) < 4.78 is 10.7. The van der Waals surface area contributed by atoms with Crippen LogP contribution < -0.4 is 9.47 Å². The third kappa shape index (κ3) is 2.97. The van der Waals surface area contributed by atoms with Gasteiger partial charge in [-0.25, -0.2) is 9.97 Å². The molecule has 0 saturated heterocycles. The van der Waals surface area contributed by atoms with Crippen molar-refractivity contribution in [1.82, 2.24) is 14.9 Å². The number of benzene rings is 1. The Morgan fingerprint density at radius 1 is 1.17 bits per heavy atom. The van der Waals surface area contributed by atoms with Crippen LogP contribution in [0.4, 0.5) is 0 Å². The van der Waals surface area contributed by atoms with E-state index >= 15 is 0 Å². The third-order valence-electron chi connectivity index (χ3n) is 4.00. The monoisotopic (exact) mass is 313 g/mol. The maximum Gasteiger partial charge on any atom is 0.272 e. The van der Waals surface area contributed by atoms with Gasteiger partial charge in [-0.1, -0.05) is 0 Å². The zero-order valence-electron chi connectivity index (χ0n) is 13.5. The summed E-state index contributed by atoms with van der Waals surface area (Å²) in [4.78, 5) is 22.7. The summed E-state index contributed by atoms with van der Waals surface area (Å²) in [5.74, 6) is 1.92. The van der Waals surface area contributed by atoms with Gasteiger partial charge < -0.3 is 14.4 Å². The fourth-order valence-electron chi connectivity index (χ4n) is 2.79. The van der Waals surface area contributed by atoms with Gasteiger partial charge in [-0.2, -0.15) is 0 Å². The maximum atomic E-state index is 12.6. The van der Waals surface area contributed by atoms with E-state index in [0.717, 1.165) is 17.7 Å². The van der Waals surface area contributed by atoms with Crippen molar-refractivity contribution < 1.29 is 14.3 Å². The molecule has 0 N–H and O–H groups in total. The van der Waals surface area contributed by atoms with Crippen molar-refractivity contribution in [2.45, 2.75) is 19.9 Å². The molecule has 23 heavy (non-hydrogen) atoms. The minimum atomic E-state index is -0.0732. The molecule has 0 atom stereocenters. The number of aromatic nitrogens is 2. The maximum absolute atomic E-state index is 12.6. The minimum absolute atomic E-state index is 0.0732. The fraction of sp³-hybridized carbons (Fsp3) is 0.353. The molecule has 1 aromatic heterocycles. The number of ether oxygens (including phenoxy) is 2. The standard InChI is InChI=1S/C17H19N3O3/c1-11-18-6-4-14(19-11)17(21)20-7-5-12-8-15(22-2)16(23-3)9-13(12)10-20/h4,6,8-9H,5,7,10H2,1-3H3. The molecule has 2 aromatic rings. The van der Waals surface area contributed by atoms with Gasteiger partial charge in [-0.15, -0.1) is 0 Å². The van der Waals surface area contributed by atoms with Gasteiger partial charge >= 0.3 is 0 Å².